The van der Waals surface area contributed by atoms with Gasteiger partial charge in [0.25, 0.3) is 0 Å². The molecule has 0 amide bonds. The molecule has 0 spiro atoms. The molecule has 0 radical (unpaired) electrons. The quantitative estimate of drug-likeness (QED) is 0.593. The lowest BCUT2D eigenvalue weighted by Crippen LogP contribution is -2.44. The van der Waals surface area contributed by atoms with Crippen molar-refractivity contribution >= 4 is 11.3 Å². The fraction of sp³-hybridized carbons (Fsp3) is 0.636. The first-order valence-electron chi connectivity index (χ1n) is 5.49. The van der Waals surface area contributed by atoms with E-state index in [2.05, 4.69) is 22.3 Å². The molecule has 2 rings (SSSR count). The van der Waals surface area contributed by atoms with Crippen molar-refractivity contribution in [2.75, 3.05) is 6.61 Å². The Balaban J connectivity index is 1.80. The van der Waals surface area contributed by atoms with E-state index in [1.54, 1.807) is 11.3 Å². The molecule has 1 saturated heterocycles. The van der Waals surface area contributed by atoms with Crippen molar-refractivity contribution in [3.8, 4) is 0 Å². The van der Waals surface area contributed by atoms with Crippen molar-refractivity contribution in [2.24, 2.45) is 5.84 Å². The molecule has 1 aromatic heterocycles. The lowest BCUT2D eigenvalue weighted by atomic mass is 10.0. The Morgan fingerprint density at radius 1 is 1.67 bits per heavy atom. The van der Waals surface area contributed by atoms with E-state index < -0.39 is 0 Å². The number of ether oxygens (including phenoxy) is 1. The van der Waals surface area contributed by atoms with Crippen molar-refractivity contribution in [2.45, 2.75) is 37.8 Å². The van der Waals surface area contributed by atoms with E-state index in [0.717, 1.165) is 25.9 Å². The first kappa shape index (κ1) is 11.1. The molecule has 1 aromatic rings. The molecule has 2 heterocycles. The fourth-order valence-corrected chi connectivity index (χ4v) is 2.76. The molecule has 3 N–H and O–H groups in total. The summed E-state index contributed by atoms with van der Waals surface area (Å²) in [5, 5.41) is 4.31. The van der Waals surface area contributed by atoms with Gasteiger partial charge in [0.15, 0.2) is 0 Å². The van der Waals surface area contributed by atoms with E-state index in [1.165, 1.54) is 12.0 Å². The van der Waals surface area contributed by atoms with Crippen LogP contribution in [0.1, 0.15) is 24.8 Å². The zero-order valence-corrected chi connectivity index (χ0v) is 9.63. The van der Waals surface area contributed by atoms with Crippen LogP contribution in [0, 0.1) is 0 Å². The van der Waals surface area contributed by atoms with Gasteiger partial charge in [-0.05, 0) is 48.1 Å². The van der Waals surface area contributed by atoms with Gasteiger partial charge in [-0.15, -0.1) is 0 Å². The predicted molar refractivity (Wildman–Crippen MR) is 62.7 cm³/mol. The molecule has 2 atom stereocenters. The Labute approximate surface area is 94.6 Å². The predicted octanol–water partition coefficient (Wildman–Crippen LogP) is 1.69. The largest absolute Gasteiger partial charge is 0.377 e. The Morgan fingerprint density at radius 2 is 2.60 bits per heavy atom. The maximum absolute atomic E-state index is 5.64. The molecule has 2 unspecified atom stereocenters. The zero-order chi connectivity index (χ0) is 10.5. The molecule has 0 bridgehead atoms. The van der Waals surface area contributed by atoms with Gasteiger partial charge in [-0.2, -0.15) is 11.3 Å². The van der Waals surface area contributed by atoms with E-state index in [4.69, 9.17) is 10.6 Å². The van der Waals surface area contributed by atoms with Crippen molar-refractivity contribution in [1.82, 2.24) is 5.43 Å². The Bertz CT molecular complexity index is 270. The minimum atomic E-state index is 0.299. The van der Waals surface area contributed by atoms with Crippen molar-refractivity contribution < 1.29 is 4.74 Å². The smallest absolute Gasteiger partial charge is 0.0742 e. The SMILES string of the molecule is NNC(CCc1ccsc1)C1CCCO1. The number of hydrogen-bond donors (Lipinski definition) is 2. The molecule has 3 nitrogen and oxygen atoms in total. The van der Waals surface area contributed by atoms with Crippen LogP contribution in [0.4, 0.5) is 0 Å². The highest BCUT2D eigenvalue weighted by Crippen LogP contribution is 2.19. The van der Waals surface area contributed by atoms with Crippen LogP contribution in [0.15, 0.2) is 16.8 Å². The maximum Gasteiger partial charge on any atom is 0.0742 e. The molecule has 84 valence electrons. The summed E-state index contributed by atoms with van der Waals surface area (Å²) in [7, 11) is 0. The molecule has 0 aliphatic carbocycles. The van der Waals surface area contributed by atoms with Gasteiger partial charge < -0.3 is 4.74 Å². The first-order valence-corrected chi connectivity index (χ1v) is 6.43. The summed E-state index contributed by atoms with van der Waals surface area (Å²) < 4.78 is 5.64. The Morgan fingerprint density at radius 3 is 3.20 bits per heavy atom. The van der Waals surface area contributed by atoms with Gasteiger partial charge in [0.05, 0.1) is 6.10 Å². The summed E-state index contributed by atoms with van der Waals surface area (Å²) in [4.78, 5) is 0. The topological polar surface area (TPSA) is 47.3 Å². The second-order valence-corrected chi connectivity index (χ2v) is 4.77. The molecule has 15 heavy (non-hydrogen) atoms. The summed E-state index contributed by atoms with van der Waals surface area (Å²) in [5.74, 6) is 5.56. The summed E-state index contributed by atoms with van der Waals surface area (Å²) >= 11 is 1.75. The highest BCUT2D eigenvalue weighted by Gasteiger charge is 2.24. The van der Waals surface area contributed by atoms with Gasteiger partial charge in [-0.3, -0.25) is 11.3 Å². The standard InChI is InChI=1S/C11H18N2OS/c12-13-10(11-2-1-6-14-11)4-3-9-5-7-15-8-9/h5,7-8,10-11,13H,1-4,6,12H2. The molecule has 4 heteroatoms. The molecule has 1 aliphatic heterocycles. The molecular formula is C11H18N2OS. The average Bonchev–Trinajstić information content (AvgIpc) is 2.90. The van der Waals surface area contributed by atoms with Crippen LogP contribution >= 0.6 is 11.3 Å². The number of nitrogens with one attached hydrogen (secondary N) is 1. The third-order valence-corrected chi connectivity index (χ3v) is 3.68. The molecule has 0 aromatic carbocycles. The summed E-state index contributed by atoms with van der Waals surface area (Å²) in [6.45, 7) is 0.890. The van der Waals surface area contributed by atoms with Gasteiger partial charge in [-0.25, -0.2) is 0 Å². The van der Waals surface area contributed by atoms with Crippen LogP contribution in [-0.2, 0) is 11.2 Å². The van der Waals surface area contributed by atoms with Crippen molar-refractivity contribution in [3.05, 3.63) is 22.4 Å². The molecule has 1 aliphatic rings. The van der Waals surface area contributed by atoms with E-state index in [1.807, 2.05) is 0 Å². The summed E-state index contributed by atoms with van der Waals surface area (Å²) in [6, 6.07) is 2.47. The van der Waals surface area contributed by atoms with Gasteiger partial charge in [0, 0.05) is 12.6 Å². The minimum Gasteiger partial charge on any atom is -0.377 e. The monoisotopic (exact) mass is 226 g/mol. The van der Waals surface area contributed by atoms with E-state index in [9.17, 15) is 0 Å². The van der Waals surface area contributed by atoms with Crippen molar-refractivity contribution in [3.63, 3.8) is 0 Å². The summed E-state index contributed by atoms with van der Waals surface area (Å²) in [5.41, 5.74) is 4.29. The van der Waals surface area contributed by atoms with Crippen LogP contribution in [0.25, 0.3) is 0 Å². The number of rotatable bonds is 5. The third-order valence-electron chi connectivity index (χ3n) is 2.95. The lowest BCUT2D eigenvalue weighted by Gasteiger charge is -2.21. The van der Waals surface area contributed by atoms with Crippen LogP contribution in [-0.4, -0.2) is 18.8 Å². The Hall–Kier alpha value is -0.420. The first-order chi connectivity index (χ1) is 7.40. The number of thiophene rings is 1. The number of hydrogen-bond acceptors (Lipinski definition) is 4. The van der Waals surface area contributed by atoms with Gasteiger partial charge >= 0.3 is 0 Å². The fourth-order valence-electron chi connectivity index (χ4n) is 2.05. The van der Waals surface area contributed by atoms with E-state index in [0.29, 0.717) is 12.1 Å². The maximum atomic E-state index is 5.64. The molecule has 0 saturated carbocycles. The van der Waals surface area contributed by atoms with E-state index in [-0.39, 0.29) is 0 Å². The number of hydrazine groups is 1. The third kappa shape index (κ3) is 3.01. The normalized spacial score (nSPS) is 23.1. The number of nitrogens with two attached hydrogens (primary N) is 1. The van der Waals surface area contributed by atoms with Crippen LogP contribution in [0.3, 0.4) is 0 Å². The highest BCUT2D eigenvalue weighted by atomic mass is 32.1. The van der Waals surface area contributed by atoms with Crippen molar-refractivity contribution in [1.29, 1.82) is 0 Å². The lowest BCUT2D eigenvalue weighted by molar-refractivity contribution is 0.0757. The van der Waals surface area contributed by atoms with Crippen LogP contribution in [0.5, 0.6) is 0 Å². The average molecular weight is 226 g/mol. The zero-order valence-electron chi connectivity index (χ0n) is 8.82. The summed E-state index contributed by atoms with van der Waals surface area (Å²) in [6.07, 6.45) is 4.75. The van der Waals surface area contributed by atoms with Gasteiger partial charge in [0.2, 0.25) is 0 Å². The highest BCUT2D eigenvalue weighted by molar-refractivity contribution is 7.07. The van der Waals surface area contributed by atoms with Crippen LogP contribution in [0.2, 0.25) is 0 Å². The van der Waals surface area contributed by atoms with Crippen LogP contribution < -0.4 is 11.3 Å². The second kappa shape index (κ2) is 5.61. The van der Waals surface area contributed by atoms with Gasteiger partial charge in [0.1, 0.15) is 0 Å². The Kier molecular flexibility index (Phi) is 4.14. The number of aryl methyl sites for hydroxylation is 1. The second-order valence-electron chi connectivity index (χ2n) is 3.99. The molecular weight excluding hydrogens is 208 g/mol. The minimum absolute atomic E-state index is 0.299. The molecule has 1 fully saturated rings. The van der Waals surface area contributed by atoms with E-state index >= 15 is 0 Å². The van der Waals surface area contributed by atoms with Gasteiger partial charge in [-0.1, -0.05) is 0 Å².